The van der Waals surface area contributed by atoms with Gasteiger partial charge in [0.25, 0.3) is 0 Å². The van der Waals surface area contributed by atoms with Gasteiger partial charge in [-0.05, 0) is 10.7 Å². The SMILES string of the molecule is P.SCl.[LiH]. The van der Waals surface area contributed by atoms with E-state index in [0.29, 0.717) is 0 Å². The summed E-state index contributed by atoms with van der Waals surface area (Å²) >= 11 is 3.00. The number of thiol groups is 1. The van der Waals surface area contributed by atoms with E-state index in [1.807, 2.05) is 0 Å². The van der Waals surface area contributed by atoms with Gasteiger partial charge in [-0.2, -0.15) is 9.90 Å². The monoisotopic (exact) mass is 110 g/mol. The number of rotatable bonds is 0. The molecule has 4 heteroatoms. The minimum absolute atomic E-state index is 0. The minimum atomic E-state index is 0. The Morgan fingerprint density at radius 3 is 1.25 bits per heavy atom. The van der Waals surface area contributed by atoms with Crippen molar-refractivity contribution in [2.24, 2.45) is 0 Å². The molecule has 0 saturated heterocycles. The van der Waals surface area contributed by atoms with Gasteiger partial charge in [0, 0.05) is 0 Å². The average molecular weight is 110 g/mol. The van der Waals surface area contributed by atoms with Crippen molar-refractivity contribution in [2.75, 3.05) is 0 Å². The Morgan fingerprint density at radius 2 is 1.25 bits per heavy atom. The molecule has 0 radical (unpaired) electrons. The van der Waals surface area contributed by atoms with E-state index in [0.717, 1.165) is 0 Å². The second-order valence-corrected chi connectivity index (χ2v) is 0. The molecular weight excluding hydrogens is 105 g/mol. The van der Waals surface area contributed by atoms with Crippen molar-refractivity contribution in [1.29, 1.82) is 0 Å². The third-order valence-electron chi connectivity index (χ3n) is 0. The first-order valence-corrected chi connectivity index (χ1v) is 1.52. The molecule has 0 aromatic rings. The van der Waals surface area contributed by atoms with E-state index >= 15 is 0 Å². The zero-order valence-corrected chi connectivity index (χ0v) is 4.60. The van der Waals surface area contributed by atoms with Crippen LogP contribution < -0.4 is 0 Å². The van der Waals surface area contributed by atoms with Gasteiger partial charge >= 0.3 is 18.9 Å². The molecule has 0 fully saturated rings. The fourth-order valence-electron chi connectivity index (χ4n) is 0. The van der Waals surface area contributed by atoms with Crippen molar-refractivity contribution in [3.05, 3.63) is 0 Å². The van der Waals surface area contributed by atoms with Gasteiger partial charge in [0.2, 0.25) is 0 Å². The van der Waals surface area contributed by atoms with Gasteiger partial charge in [-0.25, -0.2) is 0 Å². The average Bonchev–Trinajstić information content (AvgIpc) is 1.00. The third-order valence-corrected chi connectivity index (χ3v) is 0. The molecule has 0 N–H and O–H groups in total. The quantitative estimate of drug-likeness (QED) is 0.262. The number of hydrogen-bond donors (Lipinski definition) is 1. The first-order chi connectivity index (χ1) is 1.00. The zero-order valence-electron chi connectivity index (χ0n) is 1.53. The molecule has 0 aliphatic carbocycles. The summed E-state index contributed by atoms with van der Waals surface area (Å²) in [6.45, 7) is 0. The van der Waals surface area contributed by atoms with Crippen molar-refractivity contribution >= 4 is 51.3 Å². The van der Waals surface area contributed by atoms with Gasteiger partial charge in [-0.3, -0.25) is 0 Å². The van der Waals surface area contributed by atoms with Crippen molar-refractivity contribution in [3.63, 3.8) is 0 Å². The van der Waals surface area contributed by atoms with Crippen LogP contribution in [-0.2, 0) is 0 Å². The first kappa shape index (κ1) is 17.4. The van der Waals surface area contributed by atoms with Crippen LogP contribution in [0.5, 0.6) is 0 Å². The van der Waals surface area contributed by atoms with E-state index < -0.39 is 0 Å². The molecule has 0 aromatic heterocycles. The van der Waals surface area contributed by atoms with Crippen LogP contribution >= 0.6 is 32.4 Å². The Morgan fingerprint density at radius 1 is 1.25 bits per heavy atom. The van der Waals surface area contributed by atoms with Crippen LogP contribution in [0.1, 0.15) is 0 Å². The molecule has 0 aromatic carbocycles. The molecule has 0 aliphatic heterocycles. The Hall–Kier alpha value is 1.67. The topological polar surface area (TPSA) is 0 Å². The second-order valence-electron chi connectivity index (χ2n) is 0. The second kappa shape index (κ2) is 22.6. The van der Waals surface area contributed by atoms with Gasteiger partial charge in [0.15, 0.2) is 0 Å². The zero-order chi connectivity index (χ0) is 2.00. The Balaban J connectivity index is -0.00000000500. The van der Waals surface area contributed by atoms with Crippen LogP contribution in [0, 0.1) is 0 Å². The summed E-state index contributed by atoms with van der Waals surface area (Å²) in [6, 6.07) is 0. The van der Waals surface area contributed by atoms with Crippen LogP contribution in [0.2, 0.25) is 0 Å². The van der Waals surface area contributed by atoms with Gasteiger partial charge in [0.05, 0.1) is 0 Å². The van der Waals surface area contributed by atoms with E-state index in [9.17, 15) is 0 Å². The summed E-state index contributed by atoms with van der Waals surface area (Å²) in [7, 11) is 4.33. The summed E-state index contributed by atoms with van der Waals surface area (Å²) < 4.78 is 0. The summed E-state index contributed by atoms with van der Waals surface area (Å²) in [5.74, 6) is 0. The Labute approximate surface area is 51.4 Å². The number of hydrogen-bond acceptors (Lipinski definition) is 1. The summed E-state index contributed by atoms with van der Waals surface area (Å²) in [4.78, 5) is 0. The van der Waals surface area contributed by atoms with Crippen molar-refractivity contribution < 1.29 is 0 Å². The molecule has 0 amide bonds. The molecule has 4 heavy (non-hydrogen) atoms. The summed E-state index contributed by atoms with van der Waals surface area (Å²) in [5.41, 5.74) is 0. The van der Waals surface area contributed by atoms with Gasteiger partial charge < -0.3 is 0 Å². The fourth-order valence-corrected chi connectivity index (χ4v) is 0. The normalized spacial score (nSPS) is 1.50. The molecule has 0 saturated carbocycles. The van der Waals surface area contributed by atoms with E-state index in [-0.39, 0.29) is 28.8 Å². The maximum absolute atomic E-state index is 4.33. The molecular formula is H5ClLiPS. The van der Waals surface area contributed by atoms with Crippen molar-refractivity contribution in [1.82, 2.24) is 0 Å². The van der Waals surface area contributed by atoms with Crippen molar-refractivity contribution in [3.8, 4) is 0 Å². The van der Waals surface area contributed by atoms with Gasteiger partial charge in [0.1, 0.15) is 0 Å². The number of halogens is 1. The molecule has 24 valence electrons. The molecule has 0 aliphatic rings. The molecule has 0 spiro atoms. The first-order valence-electron chi connectivity index (χ1n) is 0.169. The molecule has 0 nitrogen and oxygen atoms in total. The maximum atomic E-state index is 4.33. The molecule has 1 atom stereocenters. The molecule has 0 rings (SSSR count). The third kappa shape index (κ3) is 9.39. The molecule has 1 unspecified atom stereocenters. The summed E-state index contributed by atoms with van der Waals surface area (Å²) in [6.07, 6.45) is 0. The van der Waals surface area contributed by atoms with E-state index in [4.69, 9.17) is 0 Å². The predicted molar refractivity (Wildman–Crippen MR) is 33.1 cm³/mol. The summed E-state index contributed by atoms with van der Waals surface area (Å²) in [5, 5.41) is 0. The van der Waals surface area contributed by atoms with Crippen molar-refractivity contribution in [2.45, 2.75) is 0 Å². The van der Waals surface area contributed by atoms with Crippen LogP contribution in [0.4, 0.5) is 0 Å². The Kier molecular flexibility index (Phi) is 98.0. The van der Waals surface area contributed by atoms with E-state index in [2.05, 4.69) is 22.5 Å². The van der Waals surface area contributed by atoms with Crippen LogP contribution in [0.25, 0.3) is 0 Å². The molecule has 0 heterocycles. The Bertz CT molecular complexity index is 8.00. The van der Waals surface area contributed by atoms with Gasteiger partial charge in [-0.15, -0.1) is 0 Å². The van der Waals surface area contributed by atoms with Crippen LogP contribution in [0.15, 0.2) is 0 Å². The van der Waals surface area contributed by atoms with E-state index in [1.54, 1.807) is 0 Å². The van der Waals surface area contributed by atoms with Crippen LogP contribution in [0.3, 0.4) is 0 Å². The fraction of sp³-hybridized carbons (Fsp3) is 0. The standard InChI is InChI=1S/ClHS.Li.H3P.H/c1-2;;;/h2H;;1H3;. The van der Waals surface area contributed by atoms with Gasteiger partial charge in [-0.1, -0.05) is 11.8 Å². The van der Waals surface area contributed by atoms with Crippen LogP contribution in [-0.4, -0.2) is 18.9 Å². The van der Waals surface area contributed by atoms with E-state index in [1.165, 1.54) is 0 Å². The predicted octanol–water partition coefficient (Wildman–Crippen LogP) is 0.480. The molecule has 0 bridgehead atoms.